The second-order valence-corrected chi connectivity index (χ2v) is 4.33. The first-order chi connectivity index (χ1) is 8.79. The Hall–Kier alpha value is -1.80. The first-order valence-corrected chi connectivity index (χ1v) is 6.07. The molecule has 18 heavy (non-hydrogen) atoms. The average molecular weight is 260 g/mol. The molecule has 0 fully saturated rings. The largest absolute Gasteiger partial charge is 0.399 e. The van der Waals surface area contributed by atoms with Gasteiger partial charge >= 0.3 is 0 Å². The van der Waals surface area contributed by atoms with Crippen molar-refractivity contribution < 1.29 is 4.84 Å². The normalized spacial score (nSPS) is 11.3. The van der Waals surface area contributed by atoms with E-state index in [0.717, 1.165) is 28.3 Å². The van der Waals surface area contributed by atoms with E-state index in [1.807, 2.05) is 54.6 Å². The second-order valence-electron chi connectivity index (χ2n) is 3.89. The van der Waals surface area contributed by atoms with Crippen LogP contribution in [0.25, 0.3) is 0 Å². The standard InChI is InChI=1S/C15H14ClNO/c1-18-17-15(13-5-3-2-4-6-13)11-12-7-9-14(16)10-8-12/h2-10H,11H2,1H3. The van der Waals surface area contributed by atoms with E-state index in [0.29, 0.717) is 0 Å². The minimum atomic E-state index is 0.717. The third kappa shape index (κ3) is 3.34. The van der Waals surface area contributed by atoms with Gasteiger partial charge in [0.2, 0.25) is 0 Å². The number of oxime groups is 1. The lowest BCUT2D eigenvalue weighted by atomic mass is 10.0. The topological polar surface area (TPSA) is 21.6 Å². The highest BCUT2D eigenvalue weighted by atomic mass is 35.5. The van der Waals surface area contributed by atoms with E-state index in [2.05, 4.69) is 5.16 Å². The highest BCUT2D eigenvalue weighted by Crippen LogP contribution is 2.13. The molecule has 0 saturated carbocycles. The zero-order valence-electron chi connectivity index (χ0n) is 10.1. The summed E-state index contributed by atoms with van der Waals surface area (Å²) >= 11 is 5.87. The molecule has 2 aromatic rings. The smallest absolute Gasteiger partial charge is 0.106 e. The predicted molar refractivity (Wildman–Crippen MR) is 75.1 cm³/mol. The molecule has 0 aromatic heterocycles. The van der Waals surface area contributed by atoms with Crippen molar-refractivity contribution in [3.63, 3.8) is 0 Å². The maximum atomic E-state index is 5.87. The Labute approximate surface area is 112 Å². The average Bonchev–Trinajstić information content (AvgIpc) is 2.42. The minimum absolute atomic E-state index is 0.717. The molecular weight excluding hydrogens is 246 g/mol. The van der Waals surface area contributed by atoms with Crippen molar-refractivity contribution >= 4 is 17.3 Å². The van der Waals surface area contributed by atoms with Gasteiger partial charge in [0.25, 0.3) is 0 Å². The van der Waals surface area contributed by atoms with Gasteiger partial charge in [0.15, 0.2) is 0 Å². The fourth-order valence-corrected chi connectivity index (χ4v) is 1.85. The highest BCUT2D eigenvalue weighted by molar-refractivity contribution is 6.30. The molecule has 0 aliphatic rings. The van der Waals surface area contributed by atoms with Gasteiger partial charge in [-0.1, -0.05) is 59.2 Å². The molecule has 92 valence electrons. The summed E-state index contributed by atoms with van der Waals surface area (Å²) in [6.07, 6.45) is 0.717. The Morgan fingerprint density at radius 1 is 1.06 bits per heavy atom. The highest BCUT2D eigenvalue weighted by Gasteiger charge is 2.05. The molecule has 0 spiro atoms. The zero-order chi connectivity index (χ0) is 12.8. The van der Waals surface area contributed by atoms with Crippen molar-refractivity contribution in [2.24, 2.45) is 5.16 Å². The molecular formula is C15H14ClNO. The van der Waals surface area contributed by atoms with Crippen LogP contribution >= 0.6 is 11.6 Å². The summed E-state index contributed by atoms with van der Waals surface area (Å²) in [5.41, 5.74) is 3.12. The number of nitrogens with zero attached hydrogens (tertiary/aromatic N) is 1. The Bertz CT molecular complexity index is 520. The molecule has 0 heterocycles. The number of halogens is 1. The molecule has 0 aliphatic carbocycles. The van der Waals surface area contributed by atoms with Gasteiger partial charge in [-0.05, 0) is 23.3 Å². The Morgan fingerprint density at radius 2 is 1.72 bits per heavy atom. The fraction of sp³-hybridized carbons (Fsp3) is 0.133. The van der Waals surface area contributed by atoms with Gasteiger partial charge in [-0.25, -0.2) is 0 Å². The van der Waals surface area contributed by atoms with Gasteiger partial charge in [-0.15, -0.1) is 0 Å². The van der Waals surface area contributed by atoms with Gasteiger partial charge in [-0.2, -0.15) is 0 Å². The van der Waals surface area contributed by atoms with Crippen LogP contribution in [-0.2, 0) is 11.3 Å². The summed E-state index contributed by atoms with van der Waals surface area (Å²) in [5.74, 6) is 0. The molecule has 0 radical (unpaired) electrons. The van der Waals surface area contributed by atoms with Crippen LogP contribution in [0.4, 0.5) is 0 Å². The predicted octanol–water partition coefficient (Wildman–Crippen LogP) is 3.93. The van der Waals surface area contributed by atoms with Crippen LogP contribution in [0.15, 0.2) is 59.8 Å². The zero-order valence-corrected chi connectivity index (χ0v) is 10.9. The molecule has 0 unspecified atom stereocenters. The van der Waals surface area contributed by atoms with Crippen molar-refractivity contribution in [3.05, 3.63) is 70.7 Å². The number of hydrogen-bond donors (Lipinski definition) is 0. The van der Waals surface area contributed by atoms with Gasteiger partial charge < -0.3 is 4.84 Å². The van der Waals surface area contributed by atoms with Crippen LogP contribution in [-0.4, -0.2) is 12.8 Å². The summed E-state index contributed by atoms with van der Waals surface area (Å²) in [6.45, 7) is 0. The molecule has 0 aliphatic heterocycles. The molecule has 0 amide bonds. The Balaban J connectivity index is 2.22. The van der Waals surface area contributed by atoms with Crippen LogP contribution in [0.5, 0.6) is 0 Å². The fourth-order valence-electron chi connectivity index (χ4n) is 1.72. The third-order valence-corrected chi connectivity index (χ3v) is 2.85. The molecule has 2 nitrogen and oxygen atoms in total. The number of rotatable bonds is 4. The van der Waals surface area contributed by atoms with E-state index in [4.69, 9.17) is 16.4 Å². The lowest BCUT2D eigenvalue weighted by Gasteiger charge is -2.06. The van der Waals surface area contributed by atoms with Gasteiger partial charge in [-0.3, -0.25) is 0 Å². The van der Waals surface area contributed by atoms with Crippen LogP contribution < -0.4 is 0 Å². The third-order valence-electron chi connectivity index (χ3n) is 2.59. The first kappa shape index (κ1) is 12.7. The molecule has 0 atom stereocenters. The first-order valence-electron chi connectivity index (χ1n) is 5.69. The lowest BCUT2D eigenvalue weighted by molar-refractivity contribution is 0.213. The van der Waals surface area contributed by atoms with Gasteiger partial charge in [0.05, 0.1) is 5.71 Å². The van der Waals surface area contributed by atoms with Crippen molar-refractivity contribution in [3.8, 4) is 0 Å². The van der Waals surface area contributed by atoms with Gasteiger partial charge in [0.1, 0.15) is 7.11 Å². The van der Waals surface area contributed by atoms with E-state index < -0.39 is 0 Å². The number of hydrogen-bond acceptors (Lipinski definition) is 2. The van der Waals surface area contributed by atoms with Crippen molar-refractivity contribution in [1.82, 2.24) is 0 Å². The Kier molecular flexibility index (Phi) is 4.37. The van der Waals surface area contributed by atoms with Gasteiger partial charge in [0, 0.05) is 11.4 Å². The maximum Gasteiger partial charge on any atom is 0.106 e. The van der Waals surface area contributed by atoms with E-state index in [9.17, 15) is 0 Å². The van der Waals surface area contributed by atoms with Crippen LogP contribution in [0.3, 0.4) is 0 Å². The lowest BCUT2D eigenvalue weighted by Crippen LogP contribution is -2.05. The molecule has 0 saturated heterocycles. The minimum Gasteiger partial charge on any atom is -0.399 e. The molecule has 2 rings (SSSR count). The molecule has 0 N–H and O–H groups in total. The van der Waals surface area contributed by atoms with E-state index in [1.54, 1.807) is 7.11 Å². The van der Waals surface area contributed by atoms with Crippen LogP contribution in [0.1, 0.15) is 11.1 Å². The second kappa shape index (κ2) is 6.22. The van der Waals surface area contributed by atoms with E-state index in [-0.39, 0.29) is 0 Å². The summed E-state index contributed by atoms with van der Waals surface area (Å²) in [5, 5.41) is 4.84. The monoisotopic (exact) mass is 259 g/mol. The summed E-state index contributed by atoms with van der Waals surface area (Å²) in [6, 6.07) is 17.8. The van der Waals surface area contributed by atoms with E-state index >= 15 is 0 Å². The summed E-state index contributed by atoms with van der Waals surface area (Å²) in [4.78, 5) is 4.92. The summed E-state index contributed by atoms with van der Waals surface area (Å²) in [7, 11) is 1.56. The quantitative estimate of drug-likeness (QED) is 0.602. The summed E-state index contributed by atoms with van der Waals surface area (Å²) < 4.78 is 0. The molecule has 3 heteroatoms. The van der Waals surface area contributed by atoms with E-state index in [1.165, 1.54) is 0 Å². The maximum absolute atomic E-state index is 5.87. The molecule has 0 bridgehead atoms. The van der Waals surface area contributed by atoms with Crippen molar-refractivity contribution in [1.29, 1.82) is 0 Å². The van der Waals surface area contributed by atoms with Crippen molar-refractivity contribution in [2.75, 3.05) is 7.11 Å². The van der Waals surface area contributed by atoms with Crippen molar-refractivity contribution in [2.45, 2.75) is 6.42 Å². The van der Waals surface area contributed by atoms with Crippen LogP contribution in [0.2, 0.25) is 5.02 Å². The molecule has 2 aromatic carbocycles. The Morgan fingerprint density at radius 3 is 2.33 bits per heavy atom. The SMILES string of the molecule is CON=C(Cc1ccc(Cl)cc1)c1ccccc1. The van der Waals surface area contributed by atoms with Crippen LogP contribution in [0, 0.1) is 0 Å². The number of benzene rings is 2.